The summed E-state index contributed by atoms with van der Waals surface area (Å²) in [5.41, 5.74) is 4.02. The molecule has 1 fully saturated rings. The number of amides is 1. The second kappa shape index (κ2) is 5.90. The van der Waals surface area contributed by atoms with E-state index in [1.54, 1.807) is 13.8 Å². The highest BCUT2D eigenvalue weighted by molar-refractivity contribution is 5.90. The third kappa shape index (κ3) is 3.26. The van der Waals surface area contributed by atoms with E-state index in [-0.39, 0.29) is 12.5 Å². The summed E-state index contributed by atoms with van der Waals surface area (Å²) in [5, 5.41) is 11.9. The number of hydrogen-bond acceptors (Lipinski definition) is 3. The Labute approximate surface area is 114 Å². The fourth-order valence-electron chi connectivity index (χ4n) is 2.51. The van der Waals surface area contributed by atoms with Crippen molar-refractivity contribution in [2.45, 2.75) is 58.4 Å². The van der Waals surface area contributed by atoms with Crippen molar-refractivity contribution in [3.8, 4) is 0 Å². The van der Waals surface area contributed by atoms with Crippen LogP contribution in [0.15, 0.2) is 0 Å². The van der Waals surface area contributed by atoms with E-state index in [1.807, 2.05) is 0 Å². The van der Waals surface area contributed by atoms with Crippen LogP contribution in [-0.2, 0) is 9.59 Å². The number of aliphatic carboxylic acids is 1. The Hall–Kier alpha value is -1.10. The monoisotopic (exact) mass is 270 g/mol. The molecule has 0 radical (unpaired) electrons. The zero-order valence-corrected chi connectivity index (χ0v) is 12.2. The van der Waals surface area contributed by atoms with Crippen molar-refractivity contribution < 1.29 is 14.7 Å². The van der Waals surface area contributed by atoms with Gasteiger partial charge >= 0.3 is 5.97 Å². The quantitative estimate of drug-likeness (QED) is 0.706. The van der Waals surface area contributed by atoms with Gasteiger partial charge in [-0.1, -0.05) is 13.8 Å². The third-order valence-electron chi connectivity index (χ3n) is 4.67. The summed E-state index contributed by atoms with van der Waals surface area (Å²) < 4.78 is 0. The first-order valence-electron chi connectivity index (χ1n) is 7.06. The van der Waals surface area contributed by atoms with Crippen LogP contribution < -0.4 is 11.1 Å². The van der Waals surface area contributed by atoms with Crippen LogP contribution in [0.25, 0.3) is 0 Å². The molecule has 0 aliphatic heterocycles. The van der Waals surface area contributed by atoms with Gasteiger partial charge in [0.05, 0.1) is 5.41 Å². The molecule has 4 N–H and O–H groups in total. The number of nitrogens with one attached hydrogen (secondary N) is 1. The fraction of sp³-hybridized carbons (Fsp3) is 0.857. The first kappa shape index (κ1) is 16.0. The molecule has 110 valence electrons. The molecule has 5 nitrogen and oxygen atoms in total. The minimum absolute atomic E-state index is 0.200. The van der Waals surface area contributed by atoms with Gasteiger partial charge in [0.2, 0.25) is 5.91 Å². The molecule has 1 aliphatic rings. The van der Waals surface area contributed by atoms with E-state index in [9.17, 15) is 14.7 Å². The van der Waals surface area contributed by atoms with E-state index in [0.29, 0.717) is 12.3 Å². The van der Waals surface area contributed by atoms with E-state index in [0.717, 1.165) is 25.7 Å². The van der Waals surface area contributed by atoms with Crippen molar-refractivity contribution in [3.05, 3.63) is 0 Å². The van der Waals surface area contributed by atoms with Gasteiger partial charge in [-0.3, -0.25) is 4.79 Å². The van der Waals surface area contributed by atoms with Crippen molar-refractivity contribution in [1.29, 1.82) is 0 Å². The minimum Gasteiger partial charge on any atom is -0.480 e. The summed E-state index contributed by atoms with van der Waals surface area (Å²) in [6.07, 6.45) is 3.79. The number of carbonyl (C=O) groups excluding carboxylic acids is 1. The highest BCUT2D eigenvalue weighted by Gasteiger charge is 2.43. The Morgan fingerprint density at radius 1 is 1.42 bits per heavy atom. The first-order valence-corrected chi connectivity index (χ1v) is 7.06. The lowest BCUT2D eigenvalue weighted by Crippen LogP contribution is -2.58. The Bertz CT molecular complexity index is 349. The SMILES string of the molecule is CCC(C)(NC(=O)C1(CN)CCC(C)CC1)C(=O)O. The summed E-state index contributed by atoms with van der Waals surface area (Å²) >= 11 is 0. The second-order valence-electron chi connectivity index (χ2n) is 6.11. The molecule has 0 aromatic carbocycles. The van der Waals surface area contributed by atoms with E-state index < -0.39 is 16.9 Å². The van der Waals surface area contributed by atoms with Gasteiger partial charge in [-0.15, -0.1) is 0 Å². The topological polar surface area (TPSA) is 92.4 Å². The van der Waals surface area contributed by atoms with Crippen LogP contribution in [0.4, 0.5) is 0 Å². The molecule has 1 rings (SSSR count). The van der Waals surface area contributed by atoms with Crippen LogP contribution in [0.1, 0.15) is 52.9 Å². The van der Waals surface area contributed by atoms with Crippen LogP contribution in [0, 0.1) is 11.3 Å². The average molecular weight is 270 g/mol. The van der Waals surface area contributed by atoms with Crippen molar-refractivity contribution in [2.75, 3.05) is 6.54 Å². The summed E-state index contributed by atoms with van der Waals surface area (Å²) in [4.78, 5) is 23.8. The Morgan fingerprint density at radius 2 is 1.95 bits per heavy atom. The number of carbonyl (C=O) groups is 2. The zero-order valence-electron chi connectivity index (χ0n) is 12.2. The summed E-state index contributed by atoms with van der Waals surface area (Å²) in [6.45, 7) is 5.76. The van der Waals surface area contributed by atoms with Crippen LogP contribution in [0.2, 0.25) is 0 Å². The maximum atomic E-state index is 12.5. The second-order valence-corrected chi connectivity index (χ2v) is 6.11. The summed E-state index contributed by atoms with van der Waals surface area (Å²) in [7, 11) is 0. The lowest BCUT2D eigenvalue weighted by Gasteiger charge is -2.39. The van der Waals surface area contributed by atoms with Gasteiger partial charge in [-0.25, -0.2) is 4.79 Å². The number of carboxylic acid groups (broad SMARTS) is 1. The van der Waals surface area contributed by atoms with Crippen molar-refractivity contribution >= 4 is 11.9 Å². The Balaban J connectivity index is 2.82. The number of hydrogen-bond donors (Lipinski definition) is 3. The molecule has 5 heteroatoms. The van der Waals surface area contributed by atoms with E-state index >= 15 is 0 Å². The van der Waals surface area contributed by atoms with Crippen LogP contribution >= 0.6 is 0 Å². The molecule has 0 saturated heterocycles. The number of nitrogens with two attached hydrogens (primary N) is 1. The largest absolute Gasteiger partial charge is 0.480 e. The normalized spacial score (nSPS) is 30.4. The molecule has 1 unspecified atom stereocenters. The lowest BCUT2D eigenvalue weighted by atomic mass is 9.70. The van der Waals surface area contributed by atoms with Crippen molar-refractivity contribution in [3.63, 3.8) is 0 Å². The zero-order chi connectivity index (χ0) is 14.7. The van der Waals surface area contributed by atoms with Crippen molar-refractivity contribution in [1.82, 2.24) is 5.32 Å². The molecular weight excluding hydrogens is 244 g/mol. The maximum Gasteiger partial charge on any atom is 0.329 e. The number of rotatable bonds is 5. The predicted octanol–water partition coefficient (Wildman–Crippen LogP) is 1.51. The van der Waals surface area contributed by atoms with E-state index in [2.05, 4.69) is 12.2 Å². The fourth-order valence-corrected chi connectivity index (χ4v) is 2.51. The minimum atomic E-state index is -1.21. The van der Waals surface area contributed by atoms with Crippen LogP contribution in [-0.4, -0.2) is 29.1 Å². The molecule has 0 spiro atoms. The average Bonchev–Trinajstić information content (AvgIpc) is 2.39. The smallest absolute Gasteiger partial charge is 0.329 e. The molecule has 0 aromatic heterocycles. The molecule has 1 aliphatic carbocycles. The van der Waals surface area contributed by atoms with Crippen molar-refractivity contribution in [2.24, 2.45) is 17.1 Å². The van der Waals surface area contributed by atoms with Crippen LogP contribution in [0.5, 0.6) is 0 Å². The molecule has 0 bridgehead atoms. The van der Waals surface area contributed by atoms with E-state index in [4.69, 9.17) is 5.73 Å². The van der Waals surface area contributed by atoms with Gasteiger partial charge in [-0.2, -0.15) is 0 Å². The van der Waals surface area contributed by atoms with Gasteiger partial charge in [0.25, 0.3) is 0 Å². The third-order valence-corrected chi connectivity index (χ3v) is 4.67. The summed E-state index contributed by atoms with van der Waals surface area (Å²) in [6, 6.07) is 0. The van der Waals surface area contributed by atoms with Crippen LogP contribution in [0.3, 0.4) is 0 Å². The van der Waals surface area contributed by atoms with Gasteiger partial charge in [0.15, 0.2) is 0 Å². The highest BCUT2D eigenvalue weighted by Crippen LogP contribution is 2.38. The number of carboxylic acids is 1. The molecule has 1 atom stereocenters. The Morgan fingerprint density at radius 3 is 2.32 bits per heavy atom. The Kier molecular flexibility index (Phi) is 4.96. The molecule has 0 heterocycles. The molecular formula is C14H26N2O3. The molecule has 19 heavy (non-hydrogen) atoms. The highest BCUT2D eigenvalue weighted by atomic mass is 16.4. The van der Waals surface area contributed by atoms with Gasteiger partial charge in [0, 0.05) is 6.54 Å². The standard InChI is InChI=1S/C14H26N2O3/c1-4-13(3,12(18)19)16-11(17)14(9-15)7-5-10(2)6-8-14/h10H,4-9,15H2,1-3H3,(H,16,17)(H,18,19). The van der Waals surface area contributed by atoms with Gasteiger partial charge in [0.1, 0.15) is 5.54 Å². The summed E-state index contributed by atoms with van der Waals surface area (Å²) in [5.74, 6) is -0.585. The molecule has 1 amide bonds. The lowest BCUT2D eigenvalue weighted by molar-refractivity contribution is -0.149. The predicted molar refractivity (Wildman–Crippen MR) is 73.6 cm³/mol. The molecule has 1 saturated carbocycles. The first-order chi connectivity index (χ1) is 8.79. The van der Waals surface area contributed by atoms with E-state index in [1.165, 1.54) is 0 Å². The molecule has 0 aromatic rings. The van der Waals surface area contributed by atoms with Gasteiger partial charge in [-0.05, 0) is 44.9 Å². The van der Waals surface area contributed by atoms with Gasteiger partial charge < -0.3 is 16.2 Å². The maximum absolute atomic E-state index is 12.5.